The predicted octanol–water partition coefficient (Wildman–Crippen LogP) is 0.946. The summed E-state index contributed by atoms with van der Waals surface area (Å²) >= 11 is 0. The van der Waals surface area contributed by atoms with E-state index >= 15 is 0 Å². The molecular weight excluding hydrogens is 114 g/mol. The normalized spacial score (nSPS) is 21.7. The summed E-state index contributed by atoms with van der Waals surface area (Å²) in [5, 5.41) is 9.23. The van der Waals surface area contributed by atoms with Gasteiger partial charge in [0.1, 0.15) is 5.72 Å². The summed E-state index contributed by atoms with van der Waals surface area (Å²) < 4.78 is 0. The van der Waals surface area contributed by atoms with Crippen molar-refractivity contribution in [3.63, 3.8) is 0 Å². The van der Waals surface area contributed by atoms with Crippen LogP contribution in [0.5, 0.6) is 0 Å². The van der Waals surface area contributed by atoms with Gasteiger partial charge >= 0.3 is 0 Å². The monoisotopic (exact) mass is 131 g/mol. The maximum absolute atomic E-state index is 9.23. The second-order valence-corrected chi connectivity index (χ2v) is 3.26. The van der Waals surface area contributed by atoms with Gasteiger partial charge in [0.05, 0.1) is 0 Å². The van der Waals surface area contributed by atoms with Crippen LogP contribution in [-0.4, -0.2) is 10.8 Å². The Labute approximate surface area is 57.1 Å². The molecule has 0 fully saturated rings. The zero-order valence-electron chi connectivity index (χ0n) is 6.68. The number of hydrogen-bond donors (Lipinski definition) is 2. The van der Waals surface area contributed by atoms with Crippen LogP contribution < -0.4 is 5.73 Å². The molecule has 0 aromatic carbocycles. The van der Waals surface area contributed by atoms with Gasteiger partial charge in [0.25, 0.3) is 0 Å². The average Bonchev–Trinajstić information content (AvgIpc) is 1.62. The molecule has 56 valence electrons. The number of hydrogen-bond acceptors (Lipinski definition) is 2. The summed E-state index contributed by atoms with van der Waals surface area (Å²) in [6, 6.07) is 0. The lowest BCUT2D eigenvalue weighted by Crippen LogP contribution is -2.44. The molecule has 0 saturated heterocycles. The molecule has 0 aliphatic carbocycles. The lowest BCUT2D eigenvalue weighted by molar-refractivity contribution is -0.00633. The Bertz CT molecular complexity index is 83.4. The van der Waals surface area contributed by atoms with E-state index in [1.54, 1.807) is 6.92 Å². The van der Waals surface area contributed by atoms with Crippen LogP contribution in [0, 0.1) is 11.8 Å². The minimum absolute atomic E-state index is 0.150. The van der Waals surface area contributed by atoms with Crippen molar-refractivity contribution in [2.45, 2.75) is 33.4 Å². The molecule has 0 rings (SSSR count). The van der Waals surface area contributed by atoms with E-state index in [0.717, 1.165) is 0 Å². The summed E-state index contributed by atoms with van der Waals surface area (Å²) in [7, 11) is 0. The molecule has 0 amide bonds. The van der Waals surface area contributed by atoms with E-state index < -0.39 is 5.72 Å². The highest BCUT2D eigenvalue weighted by molar-refractivity contribution is 4.73. The lowest BCUT2D eigenvalue weighted by Gasteiger charge is -2.28. The molecule has 2 atom stereocenters. The minimum Gasteiger partial charge on any atom is -0.376 e. The largest absolute Gasteiger partial charge is 0.376 e. The molecule has 0 bridgehead atoms. The third-order valence-corrected chi connectivity index (χ3v) is 1.92. The Morgan fingerprint density at radius 1 is 1.33 bits per heavy atom. The second kappa shape index (κ2) is 2.67. The average molecular weight is 131 g/mol. The van der Waals surface area contributed by atoms with Crippen LogP contribution >= 0.6 is 0 Å². The van der Waals surface area contributed by atoms with Gasteiger partial charge in [0, 0.05) is 5.92 Å². The van der Waals surface area contributed by atoms with Crippen molar-refractivity contribution in [3.8, 4) is 0 Å². The van der Waals surface area contributed by atoms with Gasteiger partial charge in [-0.3, -0.25) is 0 Å². The molecule has 0 aromatic rings. The van der Waals surface area contributed by atoms with Crippen LogP contribution in [0.25, 0.3) is 0 Å². The highest BCUT2D eigenvalue weighted by atomic mass is 16.3. The Morgan fingerprint density at radius 2 is 1.67 bits per heavy atom. The summed E-state index contributed by atoms with van der Waals surface area (Å²) in [6.45, 7) is 7.68. The van der Waals surface area contributed by atoms with E-state index in [-0.39, 0.29) is 5.92 Å². The number of rotatable bonds is 2. The molecule has 0 heterocycles. The third kappa shape index (κ3) is 2.82. The van der Waals surface area contributed by atoms with Crippen molar-refractivity contribution in [1.82, 2.24) is 0 Å². The van der Waals surface area contributed by atoms with E-state index in [2.05, 4.69) is 0 Å². The quantitative estimate of drug-likeness (QED) is 0.548. The summed E-state index contributed by atoms with van der Waals surface area (Å²) in [5.41, 5.74) is 4.42. The van der Waals surface area contributed by atoms with E-state index in [9.17, 15) is 5.11 Å². The Kier molecular flexibility index (Phi) is 2.65. The molecule has 2 heteroatoms. The fourth-order valence-electron chi connectivity index (χ4n) is 0.675. The maximum atomic E-state index is 9.23. The Balaban J connectivity index is 3.88. The van der Waals surface area contributed by atoms with Gasteiger partial charge in [0.2, 0.25) is 0 Å². The summed E-state index contributed by atoms with van der Waals surface area (Å²) in [6.07, 6.45) is 0. The highest BCUT2D eigenvalue weighted by Crippen LogP contribution is 2.18. The van der Waals surface area contributed by atoms with Crippen LogP contribution in [0.15, 0.2) is 0 Å². The standard InChI is InChI=1S/C7H17NO/c1-5(2)6(3)7(4,8)9/h5-6,9H,8H2,1-4H3/t6-,7?/m0/s1. The van der Waals surface area contributed by atoms with Gasteiger partial charge in [-0.1, -0.05) is 20.8 Å². The van der Waals surface area contributed by atoms with Crippen molar-refractivity contribution in [2.75, 3.05) is 0 Å². The fourth-order valence-corrected chi connectivity index (χ4v) is 0.675. The van der Waals surface area contributed by atoms with Gasteiger partial charge in [-0.05, 0) is 12.8 Å². The molecule has 0 spiro atoms. The molecule has 0 aliphatic heterocycles. The number of nitrogens with two attached hydrogens (primary N) is 1. The van der Waals surface area contributed by atoms with Crippen molar-refractivity contribution in [3.05, 3.63) is 0 Å². The van der Waals surface area contributed by atoms with E-state index in [1.807, 2.05) is 20.8 Å². The summed E-state index contributed by atoms with van der Waals surface area (Å²) in [4.78, 5) is 0. The van der Waals surface area contributed by atoms with Crippen LogP contribution in [-0.2, 0) is 0 Å². The predicted molar refractivity (Wildman–Crippen MR) is 38.8 cm³/mol. The lowest BCUT2D eigenvalue weighted by atomic mass is 9.89. The highest BCUT2D eigenvalue weighted by Gasteiger charge is 2.24. The fraction of sp³-hybridized carbons (Fsp3) is 1.00. The first-order valence-corrected chi connectivity index (χ1v) is 3.37. The minimum atomic E-state index is -1.02. The molecule has 0 saturated carbocycles. The van der Waals surface area contributed by atoms with E-state index in [0.29, 0.717) is 5.92 Å². The first kappa shape index (κ1) is 8.92. The maximum Gasteiger partial charge on any atom is 0.113 e. The topological polar surface area (TPSA) is 46.2 Å². The molecule has 0 aromatic heterocycles. The van der Waals surface area contributed by atoms with Gasteiger partial charge in [-0.25, -0.2) is 0 Å². The number of aliphatic hydroxyl groups is 1. The second-order valence-electron chi connectivity index (χ2n) is 3.26. The van der Waals surface area contributed by atoms with Gasteiger partial charge < -0.3 is 10.8 Å². The molecule has 1 unspecified atom stereocenters. The van der Waals surface area contributed by atoms with Gasteiger partial charge in [0.15, 0.2) is 0 Å². The molecular formula is C7H17NO. The Hall–Kier alpha value is -0.0800. The van der Waals surface area contributed by atoms with Crippen LogP contribution in [0.2, 0.25) is 0 Å². The van der Waals surface area contributed by atoms with Crippen molar-refractivity contribution in [1.29, 1.82) is 0 Å². The van der Waals surface area contributed by atoms with Gasteiger partial charge in [-0.15, -0.1) is 0 Å². The Morgan fingerprint density at radius 3 is 1.67 bits per heavy atom. The van der Waals surface area contributed by atoms with Crippen LogP contribution in [0.1, 0.15) is 27.7 Å². The van der Waals surface area contributed by atoms with Crippen molar-refractivity contribution < 1.29 is 5.11 Å². The third-order valence-electron chi connectivity index (χ3n) is 1.92. The van der Waals surface area contributed by atoms with E-state index in [4.69, 9.17) is 5.73 Å². The first-order chi connectivity index (χ1) is 3.85. The summed E-state index contributed by atoms with van der Waals surface area (Å²) in [5.74, 6) is 0.586. The zero-order chi connectivity index (χ0) is 7.65. The first-order valence-electron chi connectivity index (χ1n) is 3.37. The molecule has 0 aliphatic rings. The van der Waals surface area contributed by atoms with Crippen molar-refractivity contribution in [2.24, 2.45) is 17.6 Å². The molecule has 3 N–H and O–H groups in total. The van der Waals surface area contributed by atoms with Crippen molar-refractivity contribution >= 4 is 0 Å². The van der Waals surface area contributed by atoms with Crippen LogP contribution in [0.4, 0.5) is 0 Å². The van der Waals surface area contributed by atoms with Gasteiger partial charge in [-0.2, -0.15) is 0 Å². The zero-order valence-corrected chi connectivity index (χ0v) is 6.68. The SMILES string of the molecule is CC(C)[C@H](C)C(C)(N)O. The molecule has 2 nitrogen and oxygen atoms in total. The molecule has 9 heavy (non-hydrogen) atoms. The van der Waals surface area contributed by atoms with Crippen LogP contribution in [0.3, 0.4) is 0 Å². The molecule has 0 radical (unpaired) electrons. The smallest absolute Gasteiger partial charge is 0.113 e. The van der Waals surface area contributed by atoms with E-state index in [1.165, 1.54) is 0 Å².